The molecule has 0 aliphatic heterocycles. The summed E-state index contributed by atoms with van der Waals surface area (Å²) in [4.78, 5) is 0. The molecule has 0 radical (unpaired) electrons. The van der Waals surface area contributed by atoms with E-state index in [4.69, 9.17) is 4.74 Å². The fourth-order valence-corrected chi connectivity index (χ4v) is 2.88. The highest BCUT2D eigenvalue weighted by atomic mass is 19.1. The Morgan fingerprint density at radius 1 is 1.42 bits per heavy atom. The van der Waals surface area contributed by atoms with Gasteiger partial charge in [0.1, 0.15) is 5.82 Å². The second kappa shape index (κ2) is 6.49. The van der Waals surface area contributed by atoms with Gasteiger partial charge in [-0.1, -0.05) is 12.1 Å². The number of rotatable bonds is 6. The van der Waals surface area contributed by atoms with Gasteiger partial charge in [0, 0.05) is 12.6 Å². The molecule has 1 unspecified atom stereocenters. The lowest BCUT2D eigenvalue weighted by molar-refractivity contribution is -0.0289. The lowest BCUT2D eigenvalue weighted by Gasteiger charge is -2.37. The van der Waals surface area contributed by atoms with Gasteiger partial charge in [-0.3, -0.25) is 0 Å². The summed E-state index contributed by atoms with van der Waals surface area (Å²) in [7, 11) is 1.97. The van der Waals surface area contributed by atoms with Gasteiger partial charge in [0.25, 0.3) is 0 Å². The molecule has 1 aromatic rings. The minimum Gasteiger partial charge on any atom is -0.378 e. The number of hydrogen-bond donors (Lipinski definition) is 1. The van der Waals surface area contributed by atoms with Crippen LogP contribution in [0.15, 0.2) is 18.2 Å². The van der Waals surface area contributed by atoms with Gasteiger partial charge >= 0.3 is 0 Å². The van der Waals surface area contributed by atoms with Crippen LogP contribution in [0.25, 0.3) is 0 Å². The highest BCUT2D eigenvalue weighted by molar-refractivity contribution is 5.26. The van der Waals surface area contributed by atoms with Crippen molar-refractivity contribution in [1.29, 1.82) is 0 Å². The molecule has 1 aromatic carbocycles. The van der Waals surface area contributed by atoms with E-state index in [2.05, 4.69) is 5.32 Å². The predicted octanol–water partition coefficient (Wildman–Crippen LogP) is 3.60. The molecule has 1 saturated carbocycles. The van der Waals surface area contributed by atoms with Crippen LogP contribution >= 0.6 is 0 Å². The van der Waals surface area contributed by atoms with Crippen molar-refractivity contribution in [1.82, 2.24) is 5.32 Å². The summed E-state index contributed by atoms with van der Waals surface area (Å²) in [6, 6.07) is 5.72. The van der Waals surface area contributed by atoms with Crippen molar-refractivity contribution < 1.29 is 9.13 Å². The average molecular weight is 265 g/mol. The van der Waals surface area contributed by atoms with Gasteiger partial charge in [0.05, 0.1) is 6.10 Å². The van der Waals surface area contributed by atoms with E-state index >= 15 is 0 Å². The van der Waals surface area contributed by atoms with E-state index in [9.17, 15) is 4.39 Å². The summed E-state index contributed by atoms with van der Waals surface area (Å²) in [6.45, 7) is 4.68. The van der Waals surface area contributed by atoms with E-state index in [0.717, 1.165) is 37.4 Å². The Bertz CT molecular complexity index is 415. The Balaban J connectivity index is 1.92. The van der Waals surface area contributed by atoms with Crippen LogP contribution in [-0.2, 0) is 4.74 Å². The lowest BCUT2D eigenvalue weighted by atomic mass is 9.77. The largest absolute Gasteiger partial charge is 0.378 e. The van der Waals surface area contributed by atoms with E-state index in [1.807, 2.05) is 33.0 Å². The predicted molar refractivity (Wildman–Crippen MR) is 75.7 cm³/mol. The van der Waals surface area contributed by atoms with Gasteiger partial charge < -0.3 is 10.1 Å². The monoisotopic (exact) mass is 265 g/mol. The Kier molecular flexibility index (Phi) is 4.94. The third-order valence-corrected chi connectivity index (χ3v) is 4.10. The molecule has 0 bridgehead atoms. The minimum atomic E-state index is -0.126. The zero-order valence-electron chi connectivity index (χ0n) is 12.1. The van der Waals surface area contributed by atoms with E-state index in [-0.39, 0.29) is 5.82 Å². The minimum absolute atomic E-state index is 0.126. The maximum absolute atomic E-state index is 13.3. The molecule has 0 heterocycles. The smallest absolute Gasteiger partial charge is 0.126 e. The molecule has 3 heteroatoms. The molecule has 1 aliphatic carbocycles. The molecular formula is C16H24FNO. The summed E-state index contributed by atoms with van der Waals surface area (Å²) in [6.07, 6.45) is 3.88. The fraction of sp³-hybridized carbons (Fsp3) is 0.625. The fourth-order valence-electron chi connectivity index (χ4n) is 2.88. The lowest BCUT2D eigenvalue weighted by Crippen LogP contribution is -2.34. The van der Waals surface area contributed by atoms with Gasteiger partial charge in [-0.05, 0) is 63.3 Å². The van der Waals surface area contributed by atoms with Gasteiger partial charge in [-0.15, -0.1) is 0 Å². The third-order valence-electron chi connectivity index (χ3n) is 4.10. The number of nitrogens with one attached hydrogen (secondary N) is 1. The van der Waals surface area contributed by atoms with Crippen molar-refractivity contribution in [3.8, 4) is 0 Å². The standard InChI is InChI=1S/C16H24FNO/c1-4-19-14-8-12(9-14)10-16(18-3)13-5-6-15(17)11(2)7-13/h5-7,12,14,16,18H,4,8-10H2,1-3H3. The van der Waals surface area contributed by atoms with Crippen molar-refractivity contribution in [2.24, 2.45) is 5.92 Å². The van der Waals surface area contributed by atoms with Crippen LogP contribution in [0.1, 0.15) is 43.4 Å². The van der Waals surface area contributed by atoms with Crippen LogP contribution < -0.4 is 5.32 Å². The first-order valence-electron chi connectivity index (χ1n) is 7.19. The first-order chi connectivity index (χ1) is 9.13. The zero-order chi connectivity index (χ0) is 13.8. The van der Waals surface area contributed by atoms with Gasteiger partial charge in [-0.2, -0.15) is 0 Å². The molecule has 106 valence electrons. The van der Waals surface area contributed by atoms with Gasteiger partial charge in [0.2, 0.25) is 0 Å². The molecule has 1 fully saturated rings. The SMILES string of the molecule is CCOC1CC(CC(NC)c2ccc(F)c(C)c2)C1. The molecule has 0 aromatic heterocycles. The van der Waals surface area contributed by atoms with Crippen LogP contribution in [0.3, 0.4) is 0 Å². The Labute approximate surface area is 115 Å². The van der Waals surface area contributed by atoms with Crippen molar-refractivity contribution in [2.75, 3.05) is 13.7 Å². The van der Waals surface area contributed by atoms with Crippen molar-refractivity contribution in [3.63, 3.8) is 0 Å². The second-order valence-corrected chi connectivity index (χ2v) is 5.50. The summed E-state index contributed by atoms with van der Waals surface area (Å²) < 4.78 is 18.9. The first kappa shape index (κ1) is 14.5. The maximum Gasteiger partial charge on any atom is 0.126 e. The van der Waals surface area contributed by atoms with Crippen molar-refractivity contribution in [3.05, 3.63) is 35.1 Å². The summed E-state index contributed by atoms with van der Waals surface area (Å²) >= 11 is 0. The number of ether oxygens (including phenoxy) is 1. The zero-order valence-corrected chi connectivity index (χ0v) is 12.1. The Hall–Kier alpha value is -0.930. The van der Waals surface area contributed by atoms with Crippen LogP contribution in [0, 0.1) is 18.7 Å². The highest BCUT2D eigenvalue weighted by Crippen LogP contribution is 2.37. The van der Waals surface area contributed by atoms with Crippen molar-refractivity contribution >= 4 is 0 Å². The van der Waals surface area contributed by atoms with E-state index in [1.165, 1.54) is 5.56 Å². The molecule has 2 nitrogen and oxygen atoms in total. The number of aryl methyl sites for hydroxylation is 1. The molecule has 1 atom stereocenters. The molecule has 0 saturated heterocycles. The van der Waals surface area contributed by atoms with E-state index in [0.29, 0.717) is 12.1 Å². The van der Waals surface area contributed by atoms with Gasteiger partial charge in [-0.25, -0.2) is 4.39 Å². The molecule has 2 rings (SSSR count). The van der Waals surface area contributed by atoms with Crippen LogP contribution in [0.2, 0.25) is 0 Å². The molecule has 1 N–H and O–H groups in total. The quantitative estimate of drug-likeness (QED) is 0.848. The number of hydrogen-bond acceptors (Lipinski definition) is 2. The van der Waals surface area contributed by atoms with Crippen LogP contribution in [0.4, 0.5) is 4.39 Å². The molecule has 0 spiro atoms. The summed E-state index contributed by atoms with van der Waals surface area (Å²) in [5.74, 6) is 0.595. The molecular weight excluding hydrogens is 241 g/mol. The first-order valence-corrected chi connectivity index (χ1v) is 7.19. The highest BCUT2D eigenvalue weighted by Gasteiger charge is 2.31. The van der Waals surface area contributed by atoms with Crippen LogP contribution in [-0.4, -0.2) is 19.8 Å². The second-order valence-electron chi connectivity index (χ2n) is 5.50. The summed E-state index contributed by atoms with van der Waals surface area (Å²) in [5, 5.41) is 3.35. The Morgan fingerprint density at radius 3 is 2.74 bits per heavy atom. The normalized spacial score (nSPS) is 24.0. The van der Waals surface area contributed by atoms with E-state index < -0.39 is 0 Å². The van der Waals surface area contributed by atoms with Crippen LogP contribution in [0.5, 0.6) is 0 Å². The van der Waals surface area contributed by atoms with Gasteiger partial charge in [0.15, 0.2) is 0 Å². The maximum atomic E-state index is 13.3. The Morgan fingerprint density at radius 2 is 2.16 bits per heavy atom. The number of halogens is 1. The van der Waals surface area contributed by atoms with Crippen molar-refractivity contribution in [2.45, 2.75) is 45.3 Å². The molecule has 0 amide bonds. The number of benzene rings is 1. The van der Waals surface area contributed by atoms with E-state index in [1.54, 1.807) is 6.07 Å². The summed E-state index contributed by atoms with van der Waals surface area (Å²) in [5.41, 5.74) is 1.90. The topological polar surface area (TPSA) is 21.3 Å². The third kappa shape index (κ3) is 3.54. The average Bonchev–Trinajstić information content (AvgIpc) is 2.36. The molecule has 1 aliphatic rings. The molecule has 19 heavy (non-hydrogen) atoms.